The molecule has 0 bridgehead atoms. The maximum absolute atomic E-state index is 11.8. The number of aliphatic carboxylic acids is 1. The third-order valence-corrected chi connectivity index (χ3v) is 8.50. The number of likely N-dealkylation sites (tertiary alicyclic amines) is 2. The van der Waals surface area contributed by atoms with E-state index in [0.29, 0.717) is 32.4 Å². The Bertz CT molecular complexity index is 1200. The van der Waals surface area contributed by atoms with Crippen molar-refractivity contribution in [1.29, 1.82) is 1.12 Å². The van der Waals surface area contributed by atoms with Crippen LogP contribution in [0.1, 0.15) is 43.7 Å². The van der Waals surface area contributed by atoms with Gasteiger partial charge >= 0.3 is 18.2 Å². The standard InChI is InChI=1S/C13H14ClNO3.C13H15NO4.C2H6Cl2OS/c14-12(16)11-7-4-8-15(11)13(17)18-9-10-5-2-1-3-6-10;15-12(16)11-7-4-8-14(11)13(17)18-9-10-5-2-1-3-6-10;1-2-6(3,4)5/h1-3,5-6,11H,4,7-9H2;1-3,5-6,11H,4,7-9H2,(H,15,16);6H,2H2,1H3/t2*11-;/m00./s1/i;;6D. The summed E-state index contributed by atoms with van der Waals surface area (Å²) < 4.78 is 27.3. The molecule has 0 unspecified atom stereocenters. The Balaban J connectivity index is 0.000000247. The molecule has 1 N–H and O–H groups in total. The number of ether oxygens (including phenoxy) is 2. The van der Waals surface area contributed by atoms with Gasteiger partial charge in [-0.3, -0.25) is 18.8 Å². The van der Waals surface area contributed by atoms with Crippen LogP contribution in [0, 0.1) is 0 Å². The first-order chi connectivity index (χ1) is 20.2. The monoisotopic (exact) mass is 665 g/mol. The fourth-order valence-corrected chi connectivity index (χ4v) is 4.29. The number of carbonyl (C=O) groups excluding carboxylic acids is 3. The molecule has 232 valence electrons. The topological polar surface area (TPSA) is 131 Å². The van der Waals surface area contributed by atoms with Crippen molar-refractivity contribution in [2.45, 2.75) is 57.9 Å². The first-order valence-electron chi connectivity index (χ1n) is 13.6. The van der Waals surface area contributed by atoms with Crippen LogP contribution in [0.5, 0.6) is 0 Å². The van der Waals surface area contributed by atoms with E-state index in [2.05, 4.69) is 0 Å². The van der Waals surface area contributed by atoms with Gasteiger partial charge in [-0.1, -0.05) is 67.6 Å². The van der Waals surface area contributed by atoms with E-state index in [1.807, 2.05) is 60.7 Å². The Morgan fingerprint density at radius 1 is 0.857 bits per heavy atom. The normalized spacial score (nSPS) is 19.0. The van der Waals surface area contributed by atoms with Gasteiger partial charge in [-0.2, -0.15) is 0 Å². The van der Waals surface area contributed by atoms with Crippen LogP contribution in [0.3, 0.4) is 0 Å². The van der Waals surface area contributed by atoms with Crippen molar-refractivity contribution >= 4 is 64.6 Å². The van der Waals surface area contributed by atoms with Gasteiger partial charge in [0, 0.05) is 27.1 Å². The highest BCUT2D eigenvalue weighted by molar-refractivity contribution is 8.40. The zero-order valence-electron chi connectivity index (χ0n) is 24.0. The Morgan fingerprint density at radius 2 is 1.24 bits per heavy atom. The van der Waals surface area contributed by atoms with Gasteiger partial charge in [0.25, 0.3) is 0 Å². The number of hydrogen-bond donors (Lipinski definition) is 2. The second kappa shape index (κ2) is 17.9. The van der Waals surface area contributed by atoms with Crippen molar-refractivity contribution in [3.05, 3.63) is 71.8 Å². The molecule has 2 saturated heterocycles. The number of hydrogen-bond acceptors (Lipinski definition) is 7. The fourth-order valence-electron chi connectivity index (χ4n) is 4.07. The summed E-state index contributed by atoms with van der Waals surface area (Å²) in [5.74, 6) is -0.982. The molecule has 42 heavy (non-hydrogen) atoms. The van der Waals surface area contributed by atoms with Gasteiger partial charge in [0.05, 0.1) is 0 Å². The fraction of sp³-hybridized carbons (Fsp3) is 0.429. The Labute approximate surface area is 261 Å². The van der Waals surface area contributed by atoms with Crippen molar-refractivity contribution < 1.29 is 38.0 Å². The van der Waals surface area contributed by atoms with Gasteiger partial charge in [-0.25, -0.2) is 14.4 Å². The molecule has 0 radical (unpaired) electrons. The maximum Gasteiger partial charge on any atom is 0.410 e. The van der Waals surface area contributed by atoms with E-state index in [0.717, 1.165) is 17.5 Å². The van der Waals surface area contributed by atoms with E-state index in [4.69, 9.17) is 48.7 Å². The summed E-state index contributed by atoms with van der Waals surface area (Å²) in [5, 5.41) is 8.47. The Kier molecular flexibility index (Phi) is 14.4. The lowest BCUT2D eigenvalue weighted by Gasteiger charge is -2.20. The first-order valence-corrected chi connectivity index (χ1v) is 17.0. The number of amides is 2. The summed E-state index contributed by atoms with van der Waals surface area (Å²) in [6.45, 7) is 2.85. The Morgan fingerprint density at radius 3 is 1.60 bits per heavy atom. The van der Waals surface area contributed by atoms with Crippen molar-refractivity contribution in [2.24, 2.45) is 0 Å². The van der Waals surface area contributed by atoms with E-state index in [9.17, 15) is 23.4 Å². The largest absolute Gasteiger partial charge is 0.480 e. The SMILES string of the molecule is O=C(Cl)[C@@H]1CCCN1C(=O)OCc1ccccc1.O=C(O)[C@@H]1CCCN1C(=O)OCc1ccccc1.[2H]S(=O)(Cl)(Cl)CC. The van der Waals surface area contributed by atoms with Crippen molar-refractivity contribution in [1.82, 2.24) is 9.80 Å². The van der Waals surface area contributed by atoms with Crippen molar-refractivity contribution in [2.75, 3.05) is 18.8 Å². The second-order valence-corrected chi connectivity index (χ2v) is 14.7. The van der Waals surface area contributed by atoms with Gasteiger partial charge in [0.2, 0.25) is 5.24 Å². The molecule has 2 aliphatic heterocycles. The number of rotatable bonds is 7. The molecule has 4 rings (SSSR count). The Hall–Kier alpha value is -2.86. The lowest BCUT2D eigenvalue weighted by molar-refractivity contribution is -0.141. The number of carboxylic acid groups (broad SMARTS) is 1. The van der Waals surface area contributed by atoms with Crippen LogP contribution in [0.4, 0.5) is 9.59 Å². The number of halogens is 3. The van der Waals surface area contributed by atoms with Crippen molar-refractivity contribution in [3.63, 3.8) is 0 Å². The zero-order valence-corrected chi connectivity index (χ0v) is 26.1. The number of carboxylic acids is 1. The van der Waals surface area contributed by atoms with Crippen LogP contribution < -0.4 is 0 Å². The lowest BCUT2D eigenvalue weighted by atomic mass is 10.2. The minimum Gasteiger partial charge on any atom is -0.480 e. The van der Waals surface area contributed by atoms with Gasteiger partial charge in [-0.15, -0.1) is 0 Å². The molecule has 2 aromatic rings. The average Bonchev–Trinajstić information content (AvgIpc) is 3.67. The molecule has 14 heteroatoms. The van der Waals surface area contributed by atoms with Crippen LogP contribution in [0.25, 0.3) is 0 Å². The lowest BCUT2D eigenvalue weighted by Crippen LogP contribution is -2.40. The molecule has 2 amide bonds. The van der Waals surface area contributed by atoms with Gasteiger partial charge in [0.15, 0.2) is 0 Å². The van der Waals surface area contributed by atoms with Crippen LogP contribution in [0.2, 0.25) is 0 Å². The number of thiol groups is 1. The van der Waals surface area contributed by atoms with E-state index < -0.39 is 43.7 Å². The van der Waals surface area contributed by atoms with E-state index >= 15 is 0 Å². The summed E-state index contributed by atoms with van der Waals surface area (Å²) in [4.78, 5) is 48.4. The number of benzene rings is 2. The molecule has 2 heterocycles. The van der Waals surface area contributed by atoms with E-state index in [1.54, 1.807) is 0 Å². The molecule has 2 atom stereocenters. The minimum absolute atomic E-state index is 0.0136. The molecular formula is C28H35Cl3N2O8S. The molecule has 0 saturated carbocycles. The second-order valence-electron chi connectivity index (χ2n) is 9.23. The highest BCUT2D eigenvalue weighted by Crippen LogP contribution is 2.21. The minimum atomic E-state index is -3.92. The molecule has 10 nitrogen and oxygen atoms in total. The molecule has 0 spiro atoms. The van der Waals surface area contributed by atoms with Crippen LogP contribution in [-0.4, -0.2) is 74.6 Å². The van der Waals surface area contributed by atoms with Gasteiger partial charge in [-0.05, 0) is 69.8 Å². The highest BCUT2D eigenvalue weighted by atomic mass is 36.0. The van der Waals surface area contributed by atoms with Gasteiger partial charge in [0.1, 0.15) is 26.4 Å². The predicted octanol–water partition coefficient (Wildman–Crippen LogP) is 5.76. The number of nitrogens with zero attached hydrogens (tertiary/aromatic N) is 2. The summed E-state index contributed by atoms with van der Waals surface area (Å²) in [5.41, 5.74) is 1.80. The van der Waals surface area contributed by atoms with Gasteiger partial charge < -0.3 is 14.6 Å². The average molecular weight is 667 g/mol. The van der Waals surface area contributed by atoms with Crippen LogP contribution >= 0.6 is 33.0 Å². The summed E-state index contributed by atoms with van der Waals surface area (Å²) in [6.07, 6.45) is 1.57. The van der Waals surface area contributed by atoms with E-state index in [1.165, 1.54) is 16.7 Å². The maximum atomic E-state index is 11.8. The molecule has 2 fully saturated rings. The summed E-state index contributed by atoms with van der Waals surface area (Å²) >= 11 is 5.45. The van der Waals surface area contributed by atoms with Crippen molar-refractivity contribution in [3.8, 4) is 0 Å². The molecule has 0 aliphatic carbocycles. The molecule has 2 aromatic carbocycles. The molecule has 0 aromatic heterocycles. The quantitative estimate of drug-likeness (QED) is 0.282. The van der Waals surface area contributed by atoms with Crippen LogP contribution in [-0.2, 0) is 40.5 Å². The smallest absolute Gasteiger partial charge is 0.410 e. The van der Waals surface area contributed by atoms with Crippen LogP contribution in [0.15, 0.2) is 60.7 Å². The summed E-state index contributed by atoms with van der Waals surface area (Å²) in [6, 6.07) is 17.4. The van der Waals surface area contributed by atoms with E-state index in [-0.39, 0.29) is 19.0 Å². The number of carbonyl (C=O) groups is 4. The molecule has 2 aliphatic rings. The zero-order chi connectivity index (χ0) is 32.1. The third-order valence-electron chi connectivity index (χ3n) is 6.27. The highest BCUT2D eigenvalue weighted by Gasteiger charge is 2.35. The first kappa shape index (κ1) is 33.6. The third kappa shape index (κ3) is 12.6. The summed E-state index contributed by atoms with van der Waals surface area (Å²) in [7, 11) is 5.99. The molecular weight excluding hydrogens is 631 g/mol. The predicted molar refractivity (Wildman–Crippen MR) is 163 cm³/mol.